The van der Waals surface area contributed by atoms with Crippen LogP contribution in [0.5, 0.6) is 0 Å². The first-order valence-electron chi connectivity index (χ1n) is 9.31. The monoisotopic (exact) mass is 372 g/mol. The van der Waals surface area contributed by atoms with Gasteiger partial charge in [0, 0.05) is 32.7 Å². The fourth-order valence-electron chi connectivity index (χ4n) is 3.46. The average Bonchev–Trinajstić information content (AvgIpc) is 2.64. The maximum Gasteiger partial charge on any atom is 0.178 e. The van der Waals surface area contributed by atoms with Crippen molar-refractivity contribution in [3.05, 3.63) is 65.7 Å². The molecule has 1 heterocycles. The predicted octanol–water partition coefficient (Wildman–Crippen LogP) is 2.98. The molecule has 2 aromatic rings. The second-order valence-electron chi connectivity index (χ2n) is 7.09. The number of nitrogens with zero attached hydrogens (tertiary/aromatic N) is 2. The van der Waals surface area contributed by atoms with Crippen molar-refractivity contribution in [2.24, 2.45) is 0 Å². The topological polar surface area (TPSA) is 40.6 Å². The van der Waals surface area contributed by atoms with Gasteiger partial charge in [0.15, 0.2) is 9.84 Å². The Labute approximate surface area is 157 Å². The van der Waals surface area contributed by atoms with Crippen LogP contribution >= 0.6 is 0 Å². The van der Waals surface area contributed by atoms with Gasteiger partial charge in [0.25, 0.3) is 0 Å². The molecule has 26 heavy (non-hydrogen) atoms. The summed E-state index contributed by atoms with van der Waals surface area (Å²) in [4.78, 5) is 5.29. The van der Waals surface area contributed by atoms with Crippen LogP contribution in [0.25, 0.3) is 0 Å². The van der Waals surface area contributed by atoms with E-state index in [-0.39, 0.29) is 5.75 Å². The molecule has 140 valence electrons. The Morgan fingerprint density at radius 3 is 2.27 bits per heavy atom. The van der Waals surface area contributed by atoms with Crippen LogP contribution in [-0.4, -0.2) is 56.7 Å². The molecule has 2 aromatic carbocycles. The molecule has 1 aliphatic rings. The molecule has 5 heteroatoms. The Morgan fingerprint density at radius 1 is 0.885 bits per heavy atom. The summed E-state index contributed by atoms with van der Waals surface area (Å²) in [6.45, 7) is 8.08. The summed E-state index contributed by atoms with van der Waals surface area (Å²) in [6.07, 6.45) is 0.690. The first kappa shape index (κ1) is 19.1. The van der Waals surface area contributed by atoms with Crippen molar-refractivity contribution in [3.8, 4) is 0 Å². The molecule has 0 N–H and O–H groups in total. The van der Waals surface area contributed by atoms with E-state index in [0.717, 1.165) is 39.3 Å². The van der Waals surface area contributed by atoms with Gasteiger partial charge in [-0.3, -0.25) is 4.90 Å². The highest BCUT2D eigenvalue weighted by molar-refractivity contribution is 7.91. The lowest BCUT2D eigenvalue weighted by Crippen LogP contribution is -2.46. The number of hydrogen-bond acceptors (Lipinski definition) is 4. The molecule has 0 saturated carbocycles. The minimum atomic E-state index is -3.15. The molecule has 1 aliphatic heterocycles. The quantitative estimate of drug-likeness (QED) is 0.749. The Morgan fingerprint density at radius 2 is 1.58 bits per heavy atom. The van der Waals surface area contributed by atoms with Gasteiger partial charge in [-0.05, 0) is 37.6 Å². The van der Waals surface area contributed by atoms with Crippen LogP contribution in [0.1, 0.15) is 17.5 Å². The van der Waals surface area contributed by atoms with E-state index in [9.17, 15) is 8.42 Å². The van der Waals surface area contributed by atoms with Crippen molar-refractivity contribution >= 4 is 9.84 Å². The molecular weight excluding hydrogens is 344 g/mol. The molecule has 0 bridgehead atoms. The van der Waals surface area contributed by atoms with E-state index in [1.54, 1.807) is 24.3 Å². The number of hydrogen-bond donors (Lipinski definition) is 0. The molecule has 0 spiro atoms. The maximum absolute atomic E-state index is 12.3. The Balaban J connectivity index is 1.40. The largest absolute Gasteiger partial charge is 0.301 e. The van der Waals surface area contributed by atoms with Crippen LogP contribution < -0.4 is 0 Å². The highest BCUT2D eigenvalue weighted by Gasteiger charge is 2.18. The van der Waals surface area contributed by atoms with E-state index in [1.807, 2.05) is 6.07 Å². The highest BCUT2D eigenvalue weighted by Crippen LogP contribution is 2.13. The number of aryl methyl sites for hydroxylation is 1. The zero-order valence-electron chi connectivity index (χ0n) is 15.5. The van der Waals surface area contributed by atoms with Crippen LogP contribution in [0, 0.1) is 6.92 Å². The summed E-state index contributed by atoms with van der Waals surface area (Å²) in [5, 5.41) is 0. The SMILES string of the molecule is Cc1cccc(CN2CCN(CCCS(=O)(=O)c3ccccc3)CC2)c1. The van der Waals surface area contributed by atoms with E-state index >= 15 is 0 Å². The van der Waals surface area contributed by atoms with Crippen LogP contribution in [0.15, 0.2) is 59.5 Å². The Hall–Kier alpha value is -1.69. The molecule has 1 saturated heterocycles. The molecule has 0 radical (unpaired) electrons. The van der Waals surface area contributed by atoms with Crippen molar-refractivity contribution in [3.63, 3.8) is 0 Å². The van der Waals surface area contributed by atoms with Crippen molar-refractivity contribution in [2.45, 2.75) is 24.8 Å². The Kier molecular flexibility index (Phi) is 6.46. The van der Waals surface area contributed by atoms with Gasteiger partial charge < -0.3 is 4.90 Å². The standard InChI is InChI=1S/C21H28N2O2S/c1-19-7-5-8-20(17-19)18-23-14-12-22(13-15-23)11-6-16-26(24,25)21-9-3-2-4-10-21/h2-5,7-10,17H,6,11-16,18H2,1H3. The zero-order chi connectivity index (χ0) is 18.4. The molecule has 1 fully saturated rings. The summed E-state index contributed by atoms with van der Waals surface area (Å²) < 4.78 is 24.7. The second-order valence-corrected chi connectivity index (χ2v) is 9.20. The molecule has 0 unspecified atom stereocenters. The van der Waals surface area contributed by atoms with E-state index in [2.05, 4.69) is 41.0 Å². The fourth-order valence-corrected chi connectivity index (χ4v) is 4.78. The van der Waals surface area contributed by atoms with E-state index in [1.165, 1.54) is 11.1 Å². The Bertz CT molecular complexity index is 798. The van der Waals surface area contributed by atoms with E-state index < -0.39 is 9.84 Å². The van der Waals surface area contributed by atoms with E-state index in [4.69, 9.17) is 0 Å². The van der Waals surface area contributed by atoms with Gasteiger partial charge in [0.1, 0.15) is 0 Å². The third-order valence-corrected chi connectivity index (χ3v) is 6.76. The van der Waals surface area contributed by atoms with Gasteiger partial charge in [0.2, 0.25) is 0 Å². The molecule has 0 aliphatic carbocycles. The van der Waals surface area contributed by atoms with Crippen molar-refractivity contribution in [1.82, 2.24) is 9.80 Å². The molecular formula is C21H28N2O2S. The molecule has 4 nitrogen and oxygen atoms in total. The van der Waals surface area contributed by atoms with Gasteiger partial charge in [0.05, 0.1) is 10.6 Å². The number of rotatable bonds is 7. The van der Waals surface area contributed by atoms with E-state index in [0.29, 0.717) is 11.3 Å². The summed E-state index contributed by atoms with van der Waals surface area (Å²) in [5.41, 5.74) is 2.67. The van der Waals surface area contributed by atoms with Crippen LogP contribution in [0.3, 0.4) is 0 Å². The van der Waals surface area contributed by atoms with Gasteiger partial charge in [-0.15, -0.1) is 0 Å². The molecule has 3 rings (SSSR count). The van der Waals surface area contributed by atoms with Crippen molar-refractivity contribution in [1.29, 1.82) is 0 Å². The summed E-state index contributed by atoms with van der Waals surface area (Å²) in [5.74, 6) is 0.223. The van der Waals surface area contributed by atoms with Crippen LogP contribution in [0.2, 0.25) is 0 Å². The zero-order valence-corrected chi connectivity index (χ0v) is 16.3. The molecule has 0 amide bonds. The lowest BCUT2D eigenvalue weighted by molar-refractivity contribution is 0.127. The number of sulfone groups is 1. The lowest BCUT2D eigenvalue weighted by Gasteiger charge is -2.34. The number of benzene rings is 2. The van der Waals surface area contributed by atoms with Gasteiger partial charge in [-0.25, -0.2) is 8.42 Å². The van der Waals surface area contributed by atoms with Gasteiger partial charge in [-0.2, -0.15) is 0 Å². The smallest absolute Gasteiger partial charge is 0.178 e. The van der Waals surface area contributed by atoms with Gasteiger partial charge >= 0.3 is 0 Å². The van der Waals surface area contributed by atoms with Crippen LogP contribution in [0.4, 0.5) is 0 Å². The minimum Gasteiger partial charge on any atom is -0.301 e. The average molecular weight is 373 g/mol. The molecule has 0 aromatic heterocycles. The lowest BCUT2D eigenvalue weighted by atomic mass is 10.1. The minimum absolute atomic E-state index is 0.223. The van der Waals surface area contributed by atoms with Crippen molar-refractivity contribution in [2.75, 3.05) is 38.5 Å². The maximum atomic E-state index is 12.3. The third-order valence-electron chi connectivity index (χ3n) is 4.94. The normalized spacial score (nSPS) is 16.7. The van der Waals surface area contributed by atoms with Crippen molar-refractivity contribution < 1.29 is 8.42 Å². The molecule has 0 atom stereocenters. The summed E-state index contributed by atoms with van der Waals surface area (Å²) in [6, 6.07) is 17.4. The first-order chi connectivity index (χ1) is 12.5. The number of piperazine rings is 1. The fraction of sp³-hybridized carbons (Fsp3) is 0.429. The summed E-state index contributed by atoms with van der Waals surface area (Å²) >= 11 is 0. The van der Waals surface area contributed by atoms with Crippen LogP contribution in [-0.2, 0) is 16.4 Å². The predicted molar refractivity (Wildman–Crippen MR) is 106 cm³/mol. The first-order valence-corrected chi connectivity index (χ1v) is 11.0. The second kappa shape index (κ2) is 8.80. The summed E-state index contributed by atoms with van der Waals surface area (Å²) in [7, 11) is -3.15. The third kappa shape index (κ3) is 5.40. The highest BCUT2D eigenvalue weighted by atomic mass is 32.2. The van der Waals surface area contributed by atoms with Gasteiger partial charge in [-0.1, -0.05) is 48.0 Å².